The first-order chi connectivity index (χ1) is 9.97. The van der Waals surface area contributed by atoms with E-state index in [0.29, 0.717) is 13.1 Å². The lowest BCUT2D eigenvalue weighted by Crippen LogP contribution is -2.42. The van der Waals surface area contributed by atoms with E-state index >= 15 is 0 Å². The molecule has 0 fully saturated rings. The molecule has 0 heterocycles. The van der Waals surface area contributed by atoms with E-state index in [9.17, 15) is 4.79 Å². The average Bonchev–Trinajstić information content (AvgIpc) is 2.44. The quantitative estimate of drug-likeness (QED) is 0.812. The summed E-state index contributed by atoms with van der Waals surface area (Å²) in [6.07, 6.45) is 0.116. The minimum Gasteiger partial charge on any atom is -0.491 e. The average molecular weight is 294 g/mol. The SMILES string of the molecule is CCN(CCO)C(=O)NC(C)c1cccc(OC(C)C)c1. The van der Waals surface area contributed by atoms with Crippen molar-refractivity contribution in [3.63, 3.8) is 0 Å². The molecule has 0 saturated carbocycles. The van der Waals surface area contributed by atoms with E-state index in [1.165, 1.54) is 0 Å². The minimum absolute atomic E-state index is 0.0344. The van der Waals surface area contributed by atoms with Gasteiger partial charge in [0, 0.05) is 13.1 Å². The van der Waals surface area contributed by atoms with Gasteiger partial charge in [0.15, 0.2) is 0 Å². The van der Waals surface area contributed by atoms with Crippen LogP contribution in [0.3, 0.4) is 0 Å². The monoisotopic (exact) mass is 294 g/mol. The van der Waals surface area contributed by atoms with Gasteiger partial charge >= 0.3 is 6.03 Å². The summed E-state index contributed by atoms with van der Waals surface area (Å²) in [5.74, 6) is 0.798. The molecule has 0 aliphatic carbocycles. The van der Waals surface area contributed by atoms with E-state index in [2.05, 4.69) is 5.32 Å². The van der Waals surface area contributed by atoms with Crippen molar-refractivity contribution in [2.24, 2.45) is 0 Å². The topological polar surface area (TPSA) is 61.8 Å². The molecule has 0 aromatic heterocycles. The first-order valence-electron chi connectivity index (χ1n) is 7.40. The number of amides is 2. The molecule has 21 heavy (non-hydrogen) atoms. The third kappa shape index (κ3) is 5.63. The van der Waals surface area contributed by atoms with Crippen LogP contribution < -0.4 is 10.1 Å². The molecule has 0 saturated heterocycles. The zero-order valence-corrected chi connectivity index (χ0v) is 13.3. The van der Waals surface area contributed by atoms with Gasteiger partial charge in [0.25, 0.3) is 0 Å². The van der Waals surface area contributed by atoms with Crippen molar-refractivity contribution in [1.29, 1.82) is 0 Å². The number of hydrogen-bond acceptors (Lipinski definition) is 3. The van der Waals surface area contributed by atoms with Crippen LogP contribution in [0.1, 0.15) is 39.3 Å². The van der Waals surface area contributed by atoms with Gasteiger partial charge in [-0.2, -0.15) is 0 Å². The fourth-order valence-electron chi connectivity index (χ4n) is 2.01. The molecule has 5 heteroatoms. The lowest BCUT2D eigenvalue weighted by molar-refractivity contribution is 0.178. The molecule has 0 bridgehead atoms. The van der Waals surface area contributed by atoms with Crippen LogP contribution in [-0.2, 0) is 0 Å². The Bertz CT molecular complexity index is 449. The number of nitrogens with zero attached hydrogens (tertiary/aromatic N) is 1. The number of carbonyl (C=O) groups excluding carboxylic acids is 1. The van der Waals surface area contributed by atoms with E-state index in [-0.39, 0.29) is 24.8 Å². The summed E-state index contributed by atoms with van der Waals surface area (Å²) in [5, 5.41) is 11.9. The molecule has 118 valence electrons. The maximum Gasteiger partial charge on any atom is 0.317 e. The van der Waals surface area contributed by atoms with Gasteiger partial charge in [0.2, 0.25) is 0 Å². The van der Waals surface area contributed by atoms with Crippen LogP contribution in [0.25, 0.3) is 0 Å². The second-order valence-corrected chi connectivity index (χ2v) is 5.21. The molecule has 0 aliphatic rings. The van der Waals surface area contributed by atoms with Crippen molar-refractivity contribution in [3.8, 4) is 5.75 Å². The van der Waals surface area contributed by atoms with E-state index in [4.69, 9.17) is 9.84 Å². The number of hydrogen-bond donors (Lipinski definition) is 2. The fourth-order valence-corrected chi connectivity index (χ4v) is 2.01. The number of likely N-dealkylation sites (N-methyl/N-ethyl adjacent to an activating group) is 1. The summed E-state index contributed by atoms with van der Waals surface area (Å²) in [7, 11) is 0. The van der Waals surface area contributed by atoms with Crippen LogP contribution in [0.5, 0.6) is 5.75 Å². The normalized spacial score (nSPS) is 12.1. The van der Waals surface area contributed by atoms with Crippen LogP contribution in [0.2, 0.25) is 0 Å². The van der Waals surface area contributed by atoms with Crippen LogP contribution >= 0.6 is 0 Å². The number of ether oxygens (including phenoxy) is 1. The third-order valence-corrected chi connectivity index (χ3v) is 3.11. The Kier molecular flexibility index (Phi) is 7.02. The lowest BCUT2D eigenvalue weighted by Gasteiger charge is -2.23. The number of aliphatic hydroxyl groups is 1. The smallest absolute Gasteiger partial charge is 0.317 e. The fraction of sp³-hybridized carbons (Fsp3) is 0.562. The highest BCUT2D eigenvalue weighted by atomic mass is 16.5. The van der Waals surface area contributed by atoms with E-state index in [1.807, 2.05) is 52.0 Å². The van der Waals surface area contributed by atoms with Gasteiger partial charge in [0.1, 0.15) is 5.75 Å². The number of carbonyl (C=O) groups is 1. The van der Waals surface area contributed by atoms with Crippen molar-refractivity contribution in [3.05, 3.63) is 29.8 Å². The van der Waals surface area contributed by atoms with Gasteiger partial charge in [-0.1, -0.05) is 12.1 Å². The third-order valence-electron chi connectivity index (χ3n) is 3.11. The van der Waals surface area contributed by atoms with Gasteiger partial charge < -0.3 is 20.1 Å². The molecule has 0 aliphatic heterocycles. The maximum atomic E-state index is 12.1. The summed E-state index contributed by atoms with van der Waals surface area (Å²) in [4.78, 5) is 13.7. The van der Waals surface area contributed by atoms with Crippen molar-refractivity contribution >= 4 is 6.03 Å². The number of aliphatic hydroxyl groups excluding tert-OH is 1. The van der Waals surface area contributed by atoms with E-state index in [0.717, 1.165) is 11.3 Å². The van der Waals surface area contributed by atoms with Crippen molar-refractivity contribution in [1.82, 2.24) is 10.2 Å². The Morgan fingerprint density at radius 3 is 2.67 bits per heavy atom. The first-order valence-corrected chi connectivity index (χ1v) is 7.40. The van der Waals surface area contributed by atoms with Crippen molar-refractivity contribution < 1.29 is 14.6 Å². The molecular weight excluding hydrogens is 268 g/mol. The molecule has 1 aromatic rings. The van der Waals surface area contributed by atoms with Gasteiger partial charge in [-0.25, -0.2) is 4.79 Å². The van der Waals surface area contributed by atoms with Crippen LogP contribution in [0.4, 0.5) is 4.79 Å². The molecule has 0 spiro atoms. The van der Waals surface area contributed by atoms with Gasteiger partial charge in [-0.05, 0) is 45.4 Å². The second kappa shape index (κ2) is 8.52. The Hall–Kier alpha value is -1.75. The molecule has 5 nitrogen and oxygen atoms in total. The largest absolute Gasteiger partial charge is 0.491 e. The molecular formula is C16H26N2O3. The second-order valence-electron chi connectivity index (χ2n) is 5.21. The predicted molar refractivity (Wildman–Crippen MR) is 83.5 cm³/mol. The molecule has 1 rings (SSSR count). The predicted octanol–water partition coefficient (Wildman–Crippen LogP) is 2.56. The number of rotatable bonds is 7. The van der Waals surface area contributed by atoms with Gasteiger partial charge in [-0.3, -0.25) is 0 Å². The summed E-state index contributed by atoms with van der Waals surface area (Å²) in [6.45, 7) is 8.64. The molecule has 2 N–H and O–H groups in total. The Balaban J connectivity index is 2.70. The Labute approximate surface area is 126 Å². The number of benzene rings is 1. The summed E-state index contributed by atoms with van der Waals surface area (Å²) in [6, 6.07) is 7.42. The van der Waals surface area contributed by atoms with E-state index < -0.39 is 0 Å². The highest BCUT2D eigenvalue weighted by Gasteiger charge is 2.15. The first kappa shape index (κ1) is 17.3. The van der Waals surface area contributed by atoms with Crippen molar-refractivity contribution in [2.75, 3.05) is 19.7 Å². The zero-order valence-electron chi connectivity index (χ0n) is 13.3. The molecule has 1 unspecified atom stereocenters. The van der Waals surface area contributed by atoms with Crippen LogP contribution in [-0.4, -0.2) is 41.8 Å². The molecule has 1 aromatic carbocycles. The van der Waals surface area contributed by atoms with Crippen molar-refractivity contribution in [2.45, 2.75) is 39.8 Å². The van der Waals surface area contributed by atoms with Crippen LogP contribution in [0.15, 0.2) is 24.3 Å². The lowest BCUT2D eigenvalue weighted by atomic mass is 10.1. The Morgan fingerprint density at radius 2 is 2.10 bits per heavy atom. The highest BCUT2D eigenvalue weighted by molar-refractivity contribution is 5.74. The molecule has 2 amide bonds. The Morgan fingerprint density at radius 1 is 1.38 bits per heavy atom. The summed E-state index contributed by atoms with van der Waals surface area (Å²) >= 11 is 0. The number of nitrogens with one attached hydrogen (secondary N) is 1. The maximum absolute atomic E-state index is 12.1. The number of urea groups is 1. The van der Waals surface area contributed by atoms with Crippen LogP contribution in [0, 0.1) is 0 Å². The van der Waals surface area contributed by atoms with Gasteiger partial charge in [0.05, 0.1) is 18.8 Å². The summed E-state index contributed by atoms with van der Waals surface area (Å²) in [5.41, 5.74) is 0.988. The van der Waals surface area contributed by atoms with E-state index in [1.54, 1.807) is 4.90 Å². The standard InChI is InChI=1S/C16H26N2O3/c1-5-18(9-10-19)16(20)17-13(4)14-7-6-8-15(11-14)21-12(2)3/h6-8,11-13,19H,5,9-10H2,1-4H3,(H,17,20). The zero-order chi connectivity index (χ0) is 15.8. The molecule has 1 atom stereocenters. The summed E-state index contributed by atoms with van der Waals surface area (Å²) < 4.78 is 5.66. The minimum atomic E-state index is -0.172. The van der Waals surface area contributed by atoms with Gasteiger partial charge in [-0.15, -0.1) is 0 Å². The highest BCUT2D eigenvalue weighted by Crippen LogP contribution is 2.20. The molecule has 0 radical (unpaired) electrons.